The largest absolute Gasteiger partial charge is 0.368 e. The molecule has 4 nitrogen and oxygen atoms in total. The Morgan fingerprint density at radius 3 is 2.52 bits per heavy atom. The summed E-state index contributed by atoms with van der Waals surface area (Å²) in [6.45, 7) is 7.32. The number of carbonyl (C=O) groups excluding carboxylic acids is 1. The quantitative estimate of drug-likeness (QED) is 0.795. The molecule has 0 saturated carbocycles. The SMILES string of the molecule is Cc1csc(S[C@@H](C)C(=O)N2CCN(c3ccccc3)CC2)n1. The molecule has 0 N–H and O–H groups in total. The van der Waals surface area contributed by atoms with Gasteiger partial charge in [-0.25, -0.2) is 4.98 Å². The fraction of sp³-hybridized carbons (Fsp3) is 0.412. The molecule has 1 saturated heterocycles. The van der Waals surface area contributed by atoms with E-state index in [1.807, 2.05) is 30.2 Å². The van der Waals surface area contributed by atoms with Crippen molar-refractivity contribution in [1.29, 1.82) is 0 Å². The lowest BCUT2D eigenvalue weighted by atomic mass is 10.2. The first-order valence-electron chi connectivity index (χ1n) is 7.81. The number of carbonyl (C=O) groups is 1. The predicted molar refractivity (Wildman–Crippen MR) is 97.4 cm³/mol. The fourth-order valence-electron chi connectivity index (χ4n) is 2.67. The van der Waals surface area contributed by atoms with Crippen LogP contribution in [0.2, 0.25) is 0 Å². The first-order chi connectivity index (χ1) is 11.1. The molecule has 0 aliphatic carbocycles. The van der Waals surface area contributed by atoms with Crippen LogP contribution in [0.15, 0.2) is 40.1 Å². The lowest BCUT2D eigenvalue weighted by molar-refractivity contribution is -0.130. The Balaban J connectivity index is 1.53. The van der Waals surface area contributed by atoms with E-state index in [4.69, 9.17) is 0 Å². The Hall–Kier alpha value is -1.53. The number of piperazine rings is 1. The fourth-order valence-corrected chi connectivity index (χ4v) is 4.74. The molecule has 6 heteroatoms. The van der Waals surface area contributed by atoms with Crippen molar-refractivity contribution in [2.45, 2.75) is 23.4 Å². The van der Waals surface area contributed by atoms with Gasteiger partial charge in [0.1, 0.15) is 0 Å². The number of anilines is 1. The van der Waals surface area contributed by atoms with Gasteiger partial charge in [0.2, 0.25) is 5.91 Å². The van der Waals surface area contributed by atoms with E-state index >= 15 is 0 Å². The van der Waals surface area contributed by atoms with E-state index in [2.05, 4.69) is 34.1 Å². The van der Waals surface area contributed by atoms with Crippen LogP contribution in [0.25, 0.3) is 0 Å². The highest BCUT2D eigenvalue weighted by atomic mass is 32.2. The molecule has 1 atom stereocenters. The maximum atomic E-state index is 12.6. The molecule has 0 bridgehead atoms. The van der Waals surface area contributed by atoms with Gasteiger partial charge in [-0.15, -0.1) is 11.3 Å². The molecular weight excluding hydrogens is 326 g/mol. The van der Waals surface area contributed by atoms with Crippen molar-refractivity contribution in [1.82, 2.24) is 9.88 Å². The second-order valence-corrected chi connectivity index (χ2v) is 8.11. The zero-order valence-electron chi connectivity index (χ0n) is 13.4. The molecule has 1 aliphatic heterocycles. The Morgan fingerprint density at radius 1 is 1.22 bits per heavy atom. The minimum Gasteiger partial charge on any atom is -0.368 e. The summed E-state index contributed by atoms with van der Waals surface area (Å²) in [6, 6.07) is 10.4. The number of aromatic nitrogens is 1. The van der Waals surface area contributed by atoms with Gasteiger partial charge in [0.25, 0.3) is 0 Å². The van der Waals surface area contributed by atoms with Crippen molar-refractivity contribution in [3.8, 4) is 0 Å². The summed E-state index contributed by atoms with van der Waals surface area (Å²) in [5, 5.41) is 1.95. The van der Waals surface area contributed by atoms with Gasteiger partial charge < -0.3 is 9.80 Å². The van der Waals surface area contributed by atoms with E-state index in [1.165, 1.54) is 5.69 Å². The van der Waals surface area contributed by atoms with Crippen molar-refractivity contribution in [2.75, 3.05) is 31.1 Å². The van der Waals surface area contributed by atoms with Crippen molar-refractivity contribution < 1.29 is 4.79 Å². The van der Waals surface area contributed by atoms with Crippen LogP contribution < -0.4 is 4.90 Å². The van der Waals surface area contributed by atoms with Crippen LogP contribution in [0.3, 0.4) is 0 Å². The van der Waals surface area contributed by atoms with Gasteiger partial charge in [-0.05, 0) is 26.0 Å². The van der Waals surface area contributed by atoms with E-state index in [0.717, 1.165) is 36.2 Å². The molecule has 122 valence electrons. The van der Waals surface area contributed by atoms with Gasteiger partial charge in [-0.2, -0.15) is 0 Å². The van der Waals surface area contributed by atoms with Crippen molar-refractivity contribution in [3.63, 3.8) is 0 Å². The number of hydrogen-bond acceptors (Lipinski definition) is 5. The number of para-hydroxylation sites is 1. The van der Waals surface area contributed by atoms with Crippen LogP contribution in [-0.2, 0) is 4.79 Å². The molecule has 3 rings (SSSR count). The number of amides is 1. The van der Waals surface area contributed by atoms with Gasteiger partial charge in [-0.1, -0.05) is 30.0 Å². The monoisotopic (exact) mass is 347 g/mol. The van der Waals surface area contributed by atoms with E-state index in [9.17, 15) is 4.79 Å². The summed E-state index contributed by atoms with van der Waals surface area (Å²) >= 11 is 3.18. The molecule has 0 unspecified atom stereocenters. The normalized spacial score (nSPS) is 16.4. The van der Waals surface area contributed by atoms with Crippen LogP contribution in [0.5, 0.6) is 0 Å². The van der Waals surface area contributed by atoms with Crippen LogP contribution >= 0.6 is 23.1 Å². The Labute approximate surface area is 145 Å². The number of rotatable bonds is 4. The van der Waals surface area contributed by atoms with Gasteiger partial charge >= 0.3 is 0 Å². The highest BCUT2D eigenvalue weighted by molar-refractivity contribution is 8.02. The standard InChI is InChI=1S/C17H21N3OS2/c1-13-12-22-17(18-13)23-14(2)16(21)20-10-8-19(9-11-20)15-6-4-3-5-7-15/h3-7,12,14H,8-11H2,1-2H3/t14-/m0/s1. The van der Waals surface area contributed by atoms with Gasteiger partial charge in [0.15, 0.2) is 4.34 Å². The predicted octanol–water partition coefficient (Wildman–Crippen LogP) is 3.28. The number of benzene rings is 1. The molecule has 0 radical (unpaired) electrons. The second-order valence-electron chi connectivity index (χ2n) is 5.66. The third kappa shape index (κ3) is 4.06. The molecule has 2 heterocycles. The van der Waals surface area contributed by atoms with Crippen LogP contribution in [0.4, 0.5) is 5.69 Å². The maximum absolute atomic E-state index is 12.6. The molecule has 1 fully saturated rings. The Morgan fingerprint density at radius 2 is 1.91 bits per heavy atom. The molecule has 0 spiro atoms. The summed E-state index contributed by atoms with van der Waals surface area (Å²) in [6.07, 6.45) is 0. The first-order valence-corrected chi connectivity index (χ1v) is 9.57. The van der Waals surface area contributed by atoms with Crippen LogP contribution in [-0.4, -0.2) is 47.2 Å². The number of nitrogens with zero attached hydrogens (tertiary/aromatic N) is 3. The maximum Gasteiger partial charge on any atom is 0.235 e. The third-order valence-corrected chi connectivity index (χ3v) is 6.11. The summed E-state index contributed by atoms with van der Waals surface area (Å²) < 4.78 is 0.978. The minimum atomic E-state index is -0.0798. The number of hydrogen-bond donors (Lipinski definition) is 0. The van der Waals surface area contributed by atoms with Crippen molar-refractivity contribution in [2.24, 2.45) is 0 Å². The molecule has 2 aromatic rings. The second kappa shape index (κ2) is 7.36. The highest BCUT2D eigenvalue weighted by Gasteiger charge is 2.26. The summed E-state index contributed by atoms with van der Waals surface area (Å²) in [7, 11) is 0. The van der Waals surface area contributed by atoms with Crippen molar-refractivity contribution >= 4 is 34.7 Å². The van der Waals surface area contributed by atoms with Crippen molar-refractivity contribution in [3.05, 3.63) is 41.4 Å². The van der Waals surface area contributed by atoms with E-state index in [0.29, 0.717) is 0 Å². The van der Waals surface area contributed by atoms with Gasteiger partial charge in [0, 0.05) is 42.9 Å². The molecular formula is C17H21N3OS2. The van der Waals surface area contributed by atoms with E-state index in [-0.39, 0.29) is 11.2 Å². The Bertz CT molecular complexity index is 651. The number of aryl methyl sites for hydroxylation is 1. The summed E-state index contributed by atoms with van der Waals surface area (Å²) in [5.41, 5.74) is 2.26. The molecule has 1 amide bonds. The lowest BCUT2D eigenvalue weighted by Crippen LogP contribution is -2.50. The smallest absolute Gasteiger partial charge is 0.235 e. The lowest BCUT2D eigenvalue weighted by Gasteiger charge is -2.37. The third-order valence-electron chi connectivity index (χ3n) is 3.94. The van der Waals surface area contributed by atoms with Gasteiger partial charge in [0.05, 0.1) is 5.25 Å². The van der Waals surface area contributed by atoms with Crippen LogP contribution in [0, 0.1) is 6.92 Å². The highest BCUT2D eigenvalue weighted by Crippen LogP contribution is 2.28. The zero-order chi connectivity index (χ0) is 16.2. The van der Waals surface area contributed by atoms with E-state index < -0.39 is 0 Å². The van der Waals surface area contributed by atoms with Gasteiger partial charge in [-0.3, -0.25) is 4.79 Å². The molecule has 23 heavy (non-hydrogen) atoms. The number of thioether (sulfide) groups is 1. The zero-order valence-corrected chi connectivity index (χ0v) is 15.1. The summed E-state index contributed by atoms with van der Waals surface area (Å²) in [5.74, 6) is 0.218. The van der Waals surface area contributed by atoms with E-state index in [1.54, 1.807) is 23.1 Å². The number of thiazole rings is 1. The summed E-state index contributed by atoms with van der Waals surface area (Å²) in [4.78, 5) is 21.4. The van der Waals surface area contributed by atoms with Crippen LogP contribution in [0.1, 0.15) is 12.6 Å². The molecule has 1 aromatic carbocycles. The molecule has 1 aliphatic rings. The first kappa shape index (κ1) is 16.3. The Kier molecular flexibility index (Phi) is 5.23. The average molecular weight is 348 g/mol. The minimum absolute atomic E-state index is 0.0798. The molecule has 1 aromatic heterocycles. The average Bonchev–Trinajstić information content (AvgIpc) is 3.00. The topological polar surface area (TPSA) is 36.4 Å².